The second kappa shape index (κ2) is 7.29. The van der Waals surface area contributed by atoms with Crippen LogP contribution in [0.2, 0.25) is 0 Å². The lowest BCUT2D eigenvalue weighted by molar-refractivity contribution is -0.0885. The van der Waals surface area contributed by atoms with Crippen LogP contribution in [0.15, 0.2) is 53.5 Å². The number of carbonyl (C=O) groups is 1. The number of sulfone groups is 1. The molecule has 1 unspecified atom stereocenters. The normalized spacial score (nSPS) is 17.3. The van der Waals surface area contributed by atoms with Crippen molar-refractivity contribution in [3.05, 3.63) is 59.8 Å². The summed E-state index contributed by atoms with van der Waals surface area (Å²) in [6.07, 6.45) is -0.876. The van der Waals surface area contributed by atoms with E-state index in [9.17, 15) is 30.8 Å². The summed E-state index contributed by atoms with van der Waals surface area (Å²) in [5, 5.41) is 0. The Morgan fingerprint density at radius 1 is 1.17 bits per heavy atom. The molecule has 1 aromatic heterocycles. The van der Waals surface area contributed by atoms with Crippen LogP contribution in [-0.2, 0) is 9.84 Å². The van der Waals surface area contributed by atoms with E-state index in [0.29, 0.717) is 11.3 Å². The van der Waals surface area contributed by atoms with Crippen LogP contribution in [0.1, 0.15) is 22.5 Å². The SMILES string of the molecule is Cc1c(C(=O)C(F)(F)F)cc(-c2ccc(S(C)(=O)=O)cc2)n1C1=CCC(F)C=C1. The van der Waals surface area contributed by atoms with Crippen LogP contribution >= 0.6 is 0 Å². The summed E-state index contributed by atoms with van der Waals surface area (Å²) >= 11 is 0. The maximum Gasteiger partial charge on any atom is 0.454 e. The van der Waals surface area contributed by atoms with Gasteiger partial charge in [0.15, 0.2) is 9.84 Å². The first kappa shape index (κ1) is 21.0. The number of hydrogen-bond acceptors (Lipinski definition) is 3. The van der Waals surface area contributed by atoms with Gasteiger partial charge in [0.05, 0.1) is 10.6 Å². The molecule has 9 heteroatoms. The summed E-state index contributed by atoms with van der Waals surface area (Å²) < 4.78 is 77.3. The van der Waals surface area contributed by atoms with Crippen molar-refractivity contribution < 1.29 is 30.8 Å². The Kier molecular flexibility index (Phi) is 5.29. The molecule has 0 bridgehead atoms. The zero-order chi connectivity index (χ0) is 21.6. The first-order chi connectivity index (χ1) is 13.4. The molecule has 1 heterocycles. The van der Waals surface area contributed by atoms with Crippen LogP contribution in [0.25, 0.3) is 17.0 Å². The Bertz CT molecular complexity index is 1120. The quantitative estimate of drug-likeness (QED) is 0.523. The van der Waals surface area contributed by atoms with Gasteiger partial charge in [0.25, 0.3) is 5.78 Å². The van der Waals surface area contributed by atoms with Crippen molar-refractivity contribution in [2.45, 2.75) is 30.6 Å². The van der Waals surface area contributed by atoms with E-state index in [1.807, 2.05) is 0 Å². The van der Waals surface area contributed by atoms with E-state index in [1.165, 1.54) is 54.0 Å². The molecule has 154 valence electrons. The van der Waals surface area contributed by atoms with Crippen LogP contribution in [0.5, 0.6) is 0 Å². The molecule has 1 atom stereocenters. The van der Waals surface area contributed by atoms with E-state index < -0.39 is 33.5 Å². The Morgan fingerprint density at radius 2 is 1.79 bits per heavy atom. The lowest BCUT2D eigenvalue weighted by atomic mass is 10.1. The number of benzene rings is 1. The average Bonchev–Trinajstić information content (AvgIpc) is 2.97. The Labute approximate surface area is 165 Å². The van der Waals surface area contributed by atoms with Gasteiger partial charge in [0.2, 0.25) is 0 Å². The highest BCUT2D eigenvalue weighted by atomic mass is 32.2. The number of nitrogens with zero attached hydrogens (tertiary/aromatic N) is 1. The zero-order valence-corrected chi connectivity index (χ0v) is 16.3. The molecule has 1 aliphatic carbocycles. The van der Waals surface area contributed by atoms with E-state index in [0.717, 1.165) is 12.3 Å². The fourth-order valence-electron chi connectivity index (χ4n) is 3.16. The smallest absolute Gasteiger partial charge is 0.313 e. The van der Waals surface area contributed by atoms with Crippen LogP contribution in [0, 0.1) is 6.92 Å². The summed E-state index contributed by atoms with van der Waals surface area (Å²) in [6, 6.07) is 6.70. The molecule has 0 aliphatic heterocycles. The molecule has 2 aromatic rings. The number of Topliss-reactive ketones (excluding diaryl/α,β-unsaturated/α-hetero) is 1. The van der Waals surface area contributed by atoms with Crippen LogP contribution in [0.4, 0.5) is 17.6 Å². The molecular formula is C20H17F4NO3S. The molecule has 1 aromatic carbocycles. The fraction of sp³-hybridized carbons (Fsp3) is 0.250. The topological polar surface area (TPSA) is 56.1 Å². The number of hydrogen-bond donors (Lipinski definition) is 0. The summed E-state index contributed by atoms with van der Waals surface area (Å²) in [5.41, 5.74) is 0.653. The third-order valence-corrected chi connectivity index (χ3v) is 5.74. The molecule has 0 amide bonds. The largest absolute Gasteiger partial charge is 0.454 e. The van der Waals surface area contributed by atoms with E-state index >= 15 is 0 Å². The lowest BCUT2D eigenvalue weighted by Gasteiger charge is -2.17. The molecule has 0 fully saturated rings. The monoisotopic (exact) mass is 427 g/mol. The minimum absolute atomic E-state index is 0.0540. The molecule has 0 radical (unpaired) electrons. The number of ketones is 1. The predicted molar refractivity (Wildman–Crippen MR) is 101 cm³/mol. The van der Waals surface area contributed by atoms with Crippen LogP contribution in [-0.4, -0.2) is 37.4 Å². The Hall–Kier alpha value is -2.68. The van der Waals surface area contributed by atoms with Crippen LogP contribution < -0.4 is 0 Å². The van der Waals surface area contributed by atoms with Gasteiger partial charge < -0.3 is 4.57 Å². The van der Waals surface area contributed by atoms with Crippen molar-refractivity contribution in [3.63, 3.8) is 0 Å². The molecular weight excluding hydrogens is 410 g/mol. The number of rotatable bonds is 4. The van der Waals surface area contributed by atoms with Crippen molar-refractivity contribution in [1.29, 1.82) is 0 Å². The van der Waals surface area contributed by atoms with Gasteiger partial charge in [-0.05, 0) is 42.8 Å². The van der Waals surface area contributed by atoms with Gasteiger partial charge in [-0.1, -0.05) is 18.2 Å². The highest BCUT2D eigenvalue weighted by molar-refractivity contribution is 7.90. The highest BCUT2D eigenvalue weighted by Gasteiger charge is 2.41. The van der Waals surface area contributed by atoms with Crippen molar-refractivity contribution in [1.82, 2.24) is 4.57 Å². The van der Waals surface area contributed by atoms with Crippen molar-refractivity contribution in [2.24, 2.45) is 0 Å². The standard InChI is InChI=1S/C20H17F4NO3S/c1-12-17(19(26)20(22,23)24)11-18(25(12)15-7-5-14(21)6-8-15)13-3-9-16(10-4-13)29(2,27)28/h3-5,7-11,14H,6H2,1-2H3. The maximum atomic E-state index is 13.4. The van der Waals surface area contributed by atoms with Gasteiger partial charge in [-0.3, -0.25) is 4.79 Å². The molecule has 1 aliphatic rings. The lowest BCUT2D eigenvalue weighted by Crippen LogP contribution is -2.23. The second-order valence-electron chi connectivity index (χ2n) is 6.73. The van der Waals surface area contributed by atoms with Gasteiger partial charge in [-0.25, -0.2) is 12.8 Å². The van der Waals surface area contributed by atoms with Crippen LogP contribution in [0.3, 0.4) is 0 Å². The highest BCUT2D eigenvalue weighted by Crippen LogP contribution is 2.34. The van der Waals surface area contributed by atoms with E-state index in [1.54, 1.807) is 0 Å². The third kappa shape index (κ3) is 4.19. The minimum atomic E-state index is -5.05. The van der Waals surface area contributed by atoms with E-state index in [-0.39, 0.29) is 22.7 Å². The summed E-state index contributed by atoms with van der Waals surface area (Å²) in [5.74, 6) is -1.98. The maximum absolute atomic E-state index is 13.4. The van der Waals surface area contributed by atoms with Gasteiger partial charge in [-0.2, -0.15) is 13.2 Å². The molecule has 3 rings (SSSR count). The van der Waals surface area contributed by atoms with Crippen molar-refractivity contribution in [3.8, 4) is 11.3 Å². The fourth-order valence-corrected chi connectivity index (χ4v) is 3.79. The summed E-state index contributed by atoms with van der Waals surface area (Å²) in [6.45, 7) is 1.38. The first-order valence-corrected chi connectivity index (χ1v) is 10.5. The zero-order valence-electron chi connectivity index (χ0n) is 15.5. The summed E-state index contributed by atoms with van der Waals surface area (Å²) in [7, 11) is -3.45. The van der Waals surface area contributed by atoms with Crippen molar-refractivity contribution >= 4 is 21.3 Å². The average molecular weight is 427 g/mol. The number of halogens is 4. The number of carbonyl (C=O) groups excluding carboxylic acids is 1. The molecule has 0 N–H and O–H groups in total. The number of alkyl halides is 4. The first-order valence-electron chi connectivity index (χ1n) is 8.57. The predicted octanol–water partition coefficient (Wildman–Crippen LogP) is 4.75. The summed E-state index contributed by atoms with van der Waals surface area (Å²) in [4.78, 5) is 11.9. The number of aromatic nitrogens is 1. The van der Waals surface area contributed by atoms with Gasteiger partial charge in [-0.15, -0.1) is 0 Å². The van der Waals surface area contributed by atoms with Gasteiger partial charge in [0.1, 0.15) is 6.17 Å². The second-order valence-corrected chi connectivity index (χ2v) is 8.74. The molecule has 0 spiro atoms. The van der Waals surface area contributed by atoms with Crippen molar-refractivity contribution in [2.75, 3.05) is 6.26 Å². The Morgan fingerprint density at radius 3 is 2.28 bits per heavy atom. The third-order valence-electron chi connectivity index (χ3n) is 4.61. The number of allylic oxidation sites excluding steroid dienone is 4. The van der Waals surface area contributed by atoms with Gasteiger partial charge >= 0.3 is 6.18 Å². The molecule has 0 saturated heterocycles. The Balaban J connectivity index is 2.20. The molecule has 0 saturated carbocycles. The minimum Gasteiger partial charge on any atom is -0.313 e. The molecule has 29 heavy (non-hydrogen) atoms. The van der Waals surface area contributed by atoms with E-state index in [2.05, 4.69) is 0 Å². The molecule has 4 nitrogen and oxygen atoms in total. The van der Waals surface area contributed by atoms with E-state index in [4.69, 9.17) is 0 Å². The van der Waals surface area contributed by atoms with Gasteiger partial charge in [0, 0.05) is 29.6 Å².